The summed E-state index contributed by atoms with van der Waals surface area (Å²) in [7, 11) is 0. The molecule has 1 fully saturated rings. The first-order valence-electron chi connectivity index (χ1n) is 6.64. The first-order chi connectivity index (χ1) is 9.10. The summed E-state index contributed by atoms with van der Waals surface area (Å²) in [5.41, 5.74) is 6.36. The third kappa shape index (κ3) is 3.44. The second-order valence-electron chi connectivity index (χ2n) is 5.14. The summed E-state index contributed by atoms with van der Waals surface area (Å²) in [6.45, 7) is 3.87. The van der Waals surface area contributed by atoms with Gasteiger partial charge in [-0.15, -0.1) is 0 Å². The second-order valence-corrected chi connectivity index (χ2v) is 5.14. The number of carbonyl (C=O) groups excluding carboxylic acids is 1. The fraction of sp³-hybridized carbons (Fsp3) is 0.500. The average molecular weight is 265 g/mol. The van der Waals surface area contributed by atoms with Crippen LogP contribution >= 0.6 is 0 Å². The number of anilines is 1. The molecule has 0 saturated carbocycles. The molecule has 0 spiro atoms. The lowest BCUT2D eigenvalue weighted by Gasteiger charge is -2.31. The molecule has 1 atom stereocenters. The molecule has 2 amide bonds. The number of hydrogen-bond acceptors (Lipinski definition) is 2. The highest BCUT2D eigenvalue weighted by molar-refractivity contribution is 5.89. The molecular weight excluding hydrogens is 245 g/mol. The van der Waals surface area contributed by atoms with Crippen LogP contribution in [-0.2, 0) is 6.54 Å². The monoisotopic (exact) mass is 265 g/mol. The second kappa shape index (κ2) is 6.02. The van der Waals surface area contributed by atoms with Crippen LogP contribution in [0.2, 0.25) is 0 Å². The molecule has 1 aliphatic heterocycles. The number of halogens is 1. The third-order valence-electron chi connectivity index (χ3n) is 3.46. The lowest BCUT2D eigenvalue weighted by atomic mass is 10.0. The van der Waals surface area contributed by atoms with Gasteiger partial charge in [0.2, 0.25) is 0 Å². The minimum Gasteiger partial charge on any atom is -0.326 e. The normalized spacial score (nSPS) is 19.3. The van der Waals surface area contributed by atoms with Crippen molar-refractivity contribution in [3.05, 3.63) is 29.6 Å². The number of benzene rings is 1. The molecule has 3 N–H and O–H groups in total. The zero-order valence-electron chi connectivity index (χ0n) is 11.2. The molecule has 104 valence electrons. The third-order valence-corrected chi connectivity index (χ3v) is 3.46. The first kappa shape index (κ1) is 13.8. The minimum absolute atomic E-state index is 0.209. The molecule has 1 unspecified atom stereocenters. The van der Waals surface area contributed by atoms with Crippen LogP contribution in [0.3, 0.4) is 0 Å². The molecule has 1 saturated heterocycles. The van der Waals surface area contributed by atoms with E-state index in [2.05, 4.69) is 12.2 Å². The molecule has 1 aromatic carbocycles. The first-order valence-corrected chi connectivity index (χ1v) is 6.64. The fourth-order valence-corrected chi connectivity index (χ4v) is 2.36. The fourth-order valence-electron chi connectivity index (χ4n) is 2.36. The number of amides is 2. The number of nitrogens with one attached hydrogen (secondary N) is 1. The van der Waals surface area contributed by atoms with E-state index >= 15 is 0 Å². The smallest absolute Gasteiger partial charge is 0.321 e. The molecule has 0 aliphatic carbocycles. The number of carbonyl (C=O) groups is 1. The van der Waals surface area contributed by atoms with Gasteiger partial charge in [-0.05, 0) is 36.5 Å². The highest BCUT2D eigenvalue weighted by atomic mass is 19.1. The van der Waals surface area contributed by atoms with Crippen molar-refractivity contribution in [2.75, 3.05) is 18.4 Å². The maximum Gasteiger partial charge on any atom is 0.321 e. The van der Waals surface area contributed by atoms with Gasteiger partial charge in [-0.2, -0.15) is 0 Å². The van der Waals surface area contributed by atoms with E-state index in [-0.39, 0.29) is 18.3 Å². The zero-order valence-corrected chi connectivity index (χ0v) is 11.2. The highest BCUT2D eigenvalue weighted by Crippen LogP contribution is 2.19. The van der Waals surface area contributed by atoms with Crippen molar-refractivity contribution in [3.8, 4) is 0 Å². The number of nitrogens with zero attached hydrogens (tertiary/aromatic N) is 1. The number of nitrogens with two attached hydrogens (primary N) is 1. The quantitative estimate of drug-likeness (QED) is 0.863. The van der Waals surface area contributed by atoms with Gasteiger partial charge in [-0.1, -0.05) is 13.0 Å². The Hall–Kier alpha value is -1.62. The molecule has 1 aliphatic rings. The summed E-state index contributed by atoms with van der Waals surface area (Å²) in [6.07, 6.45) is 2.15. The van der Waals surface area contributed by atoms with Crippen LogP contribution < -0.4 is 11.1 Å². The van der Waals surface area contributed by atoms with E-state index in [0.29, 0.717) is 11.5 Å². The van der Waals surface area contributed by atoms with Crippen molar-refractivity contribution in [2.24, 2.45) is 11.7 Å². The zero-order chi connectivity index (χ0) is 13.8. The Morgan fingerprint density at radius 2 is 2.37 bits per heavy atom. The van der Waals surface area contributed by atoms with Gasteiger partial charge in [-0.3, -0.25) is 0 Å². The minimum atomic E-state index is -0.443. The molecular formula is C14H20FN3O. The van der Waals surface area contributed by atoms with Gasteiger partial charge >= 0.3 is 6.03 Å². The van der Waals surface area contributed by atoms with Crippen LogP contribution in [0.25, 0.3) is 0 Å². The summed E-state index contributed by atoms with van der Waals surface area (Å²) in [5.74, 6) is 0.0605. The molecule has 0 aromatic heterocycles. The summed E-state index contributed by atoms with van der Waals surface area (Å²) in [4.78, 5) is 13.8. The van der Waals surface area contributed by atoms with Gasteiger partial charge in [0, 0.05) is 19.6 Å². The van der Waals surface area contributed by atoms with Crippen molar-refractivity contribution in [3.63, 3.8) is 0 Å². The van der Waals surface area contributed by atoms with E-state index in [1.165, 1.54) is 6.07 Å². The van der Waals surface area contributed by atoms with E-state index < -0.39 is 5.82 Å². The Kier molecular flexibility index (Phi) is 4.37. The summed E-state index contributed by atoms with van der Waals surface area (Å²) < 4.78 is 13.8. The maximum absolute atomic E-state index is 13.8. The summed E-state index contributed by atoms with van der Waals surface area (Å²) in [6, 6.07) is 4.40. The largest absolute Gasteiger partial charge is 0.326 e. The average Bonchev–Trinajstić information content (AvgIpc) is 2.41. The SMILES string of the molecule is CC1CCCN(C(=O)Nc2ccc(CN)cc2F)C1. The number of rotatable bonds is 2. The summed E-state index contributed by atoms with van der Waals surface area (Å²) in [5, 5.41) is 2.62. The van der Waals surface area contributed by atoms with Gasteiger partial charge in [0.15, 0.2) is 0 Å². The van der Waals surface area contributed by atoms with Gasteiger partial charge in [0.05, 0.1) is 5.69 Å². The molecule has 4 nitrogen and oxygen atoms in total. The Balaban J connectivity index is 2.02. The molecule has 2 rings (SSSR count). The van der Waals surface area contributed by atoms with E-state index in [0.717, 1.165) is 25.9 Å². The van der Waals surface area contributed by atoms with Crippen molar-refractivity contribution in [1.82, 2.24) is 4.90 Å². The van der Waals surface area contributed by atoms with Crippen LogP contribution in [0.1, 0.15) is 25.3 Å². The molecule has 5 heteroatoms. The molecule has 0 bridgehead atoms. The van der Waals surface area contributed by atoms with Gasteiger partial charge in [0.25, 0.3) is 0 Å². The van der Waals surface area contributed by atoms with Crippen molar-refractivity contribution in [2.45, 2.75) is 26.3 Å². The van der Waals surface area contributed by atoms with E-state index in [4.69, 9.17) is 5.73 Å². The van der Waals surface area contributed by atoms with Crippen molar-refractivity contribution >= 4 is 11.7 Å². The summed E-state index contributed by atoms with van der Waals surface area (Å²) >= 11 is 0. The van der Waals surface area contributed by atoms with E-state index in [1.807, 2.05) is 0 Å². The highest BCUT2D eigenvalue weighted by Gasteiger charge is 2.21. The molecule has 0 radical (unpaired) electrons. The Morgan fingerprint density at radius 3 is 3.00 bits per heavy atom. The van der Waals surface area contributed by atoms with Crippen LogP contribution in [-0.4, -0.2) is 24.0 Å². The topological polar surface area (TPSA) is 58.4 Å². The predicted octanol–water partition coefficient (Wildman–Crippen LogP) is 2.55. The number of hydrogen-bond donors (Lipinski definition) is 2. The van der Waals surface area contributed by atoms with Crippen LogP contribution in [0.15, 0.2) is 18.2 Å². The van der Waals surface area contributed by atoms with Crippen LogP contribution in [0, 0.1) is 11.7 Å². The standard InChI is InChI=1S/C14H20FN3O/c1-10-3-2-6-18(9-10)14(19)17-13-5-4-11(8-16)7-12(13)15/h4-5,7,10H,2-3,6,8-9,16H2,1H3,(H,17,19). The molecule has 1 heterocycles. The number of piperidine rings is 1. The molecule has 1 aromatic rings. The van der Waals surface area contributed by atoms with E-state index in [9.17, 15) is 9.18 Å². The van der Waals surface area contributed by atoms with Gasteiger partial charge in [-0.25, -0.2) is 9.18 Å². The van der Waals surface area contributed by atoms with Crippen LogP contribution in [0.4, 0.5) is 14.9 Å². The van der Waals surface area contributed by atoms with Crippen molar-refractivity contribution in [1.29, 1.82) is 0 Å². The van der Waals surface area contributed by atoms with Gasteiger partial charge < -0.3 is 16.0 Å². The molecule has 19 heavy (non-hydrogen) atoms. The lowest BCUT2D eigenvalue weighted by molar-refractivity contribution is 0.182. The Labute approximate surface area is 112 Å². The Bertz CT molecular complexity index is 464. The van der Waals surface area contributed by atoms with Crippen molar-refractivity contribution < 1.29 is 9.18 Å². The van der Waals surface area contributed by atoms with E-state index in [1.54, 1.807) is 17.0 Å². The van der Waals surface area contributed by atoms with Gasteiger partial charge in [0.1, 0.15) is 5.82 Å². The maximum atomic E-state index is 13.8. The Morgan fingerprint density at radius 1 is 1.58 bits per heavy atom. The van der Waals surface area contributed by atoms with Crippen LogP contribution in [0.5, 0.6) is 0 Å². The predicted molar refractivity (Wildman–Crippen MR) is 73.3 cm³/mol. The lowest BCUT2D eigenvalue weighted by Crippen LogP contribution is -2.41. The number of likely N-dealkylation sites (tertiary alicyclic amines) is 1. The number of urea groups is 1.